The van der Waals surface area contributed by atoms with Gasteiger partial charge in [0.1, 0.15) is 5.60 Å². The smallest absolute Gasteiger partial charge is 0.303 e. The Kier molecular flexibility index (Phi) is 4.86. The van der Waals surface area contributed by atoms with E-state index >= 15 is 4.39 Å². The number of hydrogen-bond donors (Lipinski definition) is 0. The molecule has 1 aliphatic heterocycles. The molecule has 0 aromatic carbocycles. The Labute approximate surface area is 198 Å². The third kappa shape index (κ3) is 2.66. The first-order chi connectivity index (χ1) is 15.7. The van der Waals surface area contributed by atoms with E-state index in [1.165, 1.54) is 20.8 Å². The van der Waals surface area contributed by atoms with Crippen LogP contribution in [0.2, 0.25) is 0 Å². The van der Waals surface area contributed by atoms with Crippen LogP contribution in [0.1, 0.15) is 73.1 Å². The maximum absolute atomic E-state index is 16.7. The number of fused-ring (bicyclic) bond motifs is 3. The van der Waals surface area contributed by atoms with Gasteiger partial charge in [-0.3, -0.25) is 19.2 Å². The summed E-state index contributed by atoms with van der Waals surface area (Å²) in [6.45, 7) is 7.02. The number of carbonyl (C=O) groups is 4. The molecule has 3 saturated carbocycles. The van der Waals surface area contributed by atoms with Crippen molar-refractivity contribution in [1.29, 1.82) is 0 Å². The van der Waals surface area contributed by atoms with Gasteiger partial charge in [0.2, 0.25) is 11.4 Å². The number of ether oxygens (including phenoxy) is 3. The topological polar surface area (TPSA) is 99.3 Å². The second kappa shape index (κ2) is 6.99. The minimum absolute atomic E-state index is 0.0408. The molecule has 0 N–H and O–H groups in total. The van der Waals surface area contributed by atoms with Gasteiger partial charge in [-0.2, -0.15) is 0 Å². The highest BCUT2D eigenvalue weighted by Crippen LogP contribution is 2.78. The lowest BCUT2D eigenvalue weighted by Gasteiger charge is -2.56. The van der Waals surface area contributed by atoms with E-state index in [4.69, 9.17) is 14.2 Å². The van der Waals surface area contributed by atoms with E-state index in [0.29, 0.717) is 19.3 Å². The Morgan fingerprint density at radius 2 is 1.79 bits per heavy atom. The molecule has 186 valence electrons. The van der Waals surface area contributed by atoms with Crippen LogP contribution in [-0.4, -0.2) is 53.1 Å². The predicted octanol–water partition coefficient (Wildman–Crippen LogP) is 3.42. The van der Waals surface area contributed by atoms with E-state index in [9.17, 15) is 19.2 Å². The number of epoxide rings is 1. The zero-order valence-corrected chi connectivity index (χ0v) is 20.5. The van der Waals surface area contributed by atoms with Crippen molar-refractivity contribution in [2.45, 2.75) is 96.1 Å². The lowest BCUT2D eigenvalue weighted by atomic mass is 9.46. The molecule has 1 saturated heterocycles. The van der Waals surface area contributed by atoms with Crippen LogP contribution in [0.4, 0.5) is 4.39 Å². The Morgan fingerprint density at radius 3 is 2.44 bits per heavy atom. The predicted molar refractivity (Wildman–Crippen MR) is 117 cm³/mol. The average molecular weight is 477 g/mol. The van der Waals surface area contributed by atoms with Crippen LogP contribution in [0, 0.1) is 22.7 Å². The zero-order chi connectivity index (χ0) is 24.9. The standard InChI is InChI=1S/C26H33FO7/c1-14(28)32-13-20(31)26(33-15(2)29)23(4)12-21-25(34-21)18(19(23)11-24(26,5)27)7-6-16-10-17(30)8-9-22(16,25)3/h10,18-19,21H,6-9,11-13H2,1-5H3/t18-,19-,21-,22-,23-,24+,25+,26-/m0/s1. The fraction of sp³-hybridized carbons (Fsp3) is 0.769. The summed E-state index contributed by atoms with van der Waals surface area (Å²) < 4.78 is 33.8. The van der Waals surface area contributed by atoms with Crippen molar-refractivity contribution >= 4 is 23.5 Å². The first kappa shape index (κ1) is 23.6. The van der Waals surface area contributed by atoms with Crippen molar-refractivity contribution in [3.63, 3.8) is 0 Å². The van der Waals surface area contributed by atoms with Gasteiger partial charge in [-0.05, 0) is 56.9 Å². The van der Waals surface area contributed by atoms with Crippen molar-refractivity contribution in [1.82, 2.24) is 0 Å². The average Bonchev–Trinajstić information content (AvgIpc) is 3.41. The fourth-order valence-corrected chi connectivity index (χ4v) is 8.67. The fourth-order valence-electron chi connectivity index (χ4n) is 8.67. The number of hydrogen-bond acceptors (Lipinski definition) is 7. The monoisotopic (exact) mass is 476 g/mol. The first-order valence-electron chi connectivity index (χ1n) is 12.2. The SMILES string of the molecule is CC(=O)OCC(=O)[C@]1(OC(C)=O)[C@@]2(C)C[C@@H]3O[C@]34[C@@H](CCC3=CC(=O)CC[C@@]34C)[C@@H]2C[C@@]1(C)F. The van der Waals surface area contributed by atoms with Crippen molar-refractivity contribution in [3.05, 3.63) is 11.6 Å². The van der Waals surface area contributed by atoms with Crippen LogP contribution in [-0.2, 0) is 33.4 Å². The molecule has 0 aromatic heterocycles. The quantitative estimate of drug-likeness (QED) is 0.453. The van der Waals surface area contributed by atoms with E-state index in [0.717, 1.165) is 18.4 Å². The van der Waals surface area contributed by atoms with Gasteiger partial charge in [0.15, 0.2) is 18.1 Å². The maximum atomic E-state index is 16.7. The molecule has 4 aliphatic carbocycles. The second-order valence-corrected chi connectivity index (χ2v) is 11.6. The lowest BCUT2D eigenvalue weighted by Crippen LogP contribution is -2.67. The summed E-state index contributed by atoms with van der Waals surface area (Å²) >= 11 is 0. The summed E-state index contributed by atoms with van der Waals surface area (Å²) in [5.74, 6) is -2.32. The van der Waals surface area contributed by atoms with Crippen LogP contribution in [0.3, 0.4) is 0 Å². The largest absolute Gasteiger partial charge is 0.458 e. The Morgan fingerprint density at radius 1 is 1.09 bits per heavy atom. The molecule has 0 unspecified atom stereocenters. The van der Waals surface area contributed by atoms with Crippen LogP contribution in [0.25, 0.3) is 0 Å². The summed E-state index contributed by atoms with van der Waals surface area (Å²) in [7, 11) is 0. The minimum Gasteiger partial charge on any atom is -0.458 e. The molecule has 1 heterocycles. The molecule has 0 radical (unpaired) electrons. The summed E-state index contributed by atoms with van der Waals surface area (Å²) in [4.78, 5) is 49.4. The molecule has 0 bridgehead atoms. The van der Waals surface area contributed by atoms with Gasteiger partial charge in [-0.1, -0.05) is 19.4 Å². The molecule has 0 aromatic rings. The summed E-state index contributed by atoms with van der Waals surface area (Å²) in [5.41, 5.74) is -4.95. The highest BCUT2D eigenvalue weighted by molar-refractivity contribution is 5.95. The molecule has 1 spiro atoms. The van der Waals surface area contributed by atoms with Crippen molar-refractivity contribution in [3.8, 4) is 0 Å². The summed E-state index contributed by atoms with van der Waals surface area (Å²) in [6.07, 6.45) is 4.54. The van der Waals surface area contributed by atoms with Crippen LogP contribution in [0.15, 0.2) is 11.6 Å². The number of Topliss-reactive ketones (excluding diaryl/α,β-unsaturated/α-hetero) is 1. The van der Waals surface area contributed by atoms with Gasteiger partial charge in [-0.25, -0.2) is 4.39 Å². The van der Waals surface area contributed by atoms with Gasteiger partial charge >= 0.3 is 11.9 Å². The van der Waals surface area contributed by atoms with Crippen LogP contribution < -0.4 is 0 Å². The number of rotatable bonds is 4. The molecule has 7 nitrogen and oxygen atoms in total. The van der Waals surface area contributed by atoms with Gasteiger partial charge in [0, 0.05) is 31.1 Å². The molecule has 4 fully saturated rings. The molecule has 5 aliphatic rings. The van der Waals surface area contributed by atoms with Crippen molar-refractivity contribution < 1.29 is 37.8 Å². The molecular formula is C26H33FO7. The Bertz CT molecular complexity index is 1030. The third-order valence-corrected chi connectivity index (χ3v) is 9.96. The van der Waals surface area contributed by atoms with Crippen LogP contribution >= 0.6 is 0 Å². The number of carbonyl (C=O) groups excluding carboxylic acids is 4. The lowest BCUT2D eigenvalue weighted by molar-refractivity contribution is -0.205. The zero-order valence-electron chi connectivity index (χ0n) is 20.5. The van der Waals surface area contributed by atoms with E-state index in [-0.39, 0.29) is 35.6 Å². The molecular weight excluding hydrogens is 443 g/mol. The summed E-state index contributed by atoms with van der Waals surface area (Å²) in [5, 5.41) is 0. The van der Waals surface area contributed by atoms with Crippen molar-refractivity contribution in [2.75, 3.05) is 6.61 Å². The molecule has 8 heteroatoms. The number of ketones is 2. The number of halogens is 1. The highest BCUT2D eigenvalue weighted by atomic mass is 19.1. The number of alkyl halides is 1. The van der Waals surface area contributed by atoms with Gasteiger partial charge in [0.05, 0.1) is 6.10 Å². The molecule has 5 rings (SSSR count). The van der Waals surface area contributed by atoms with E-state index in [1.807, 2.05) is 6.92 Å². The maximum Gasteiger partial charge on any atom is 0.303 e. The van der Waals surface area contributed by atoms with Crippen molar-refractivity contribution in [2.24, 2.45) is 22.7 Å². The Balaban J connectivity index is 1.60. The van der Waals surface area contributed by atoms with Gasteiger partial charge in [-0.15, -0.1) is 0 Å². The molecule has 34 heavy (non-hydrogen) atoms. The highest BCUT2D eigenvalue weighted by Gasteiger charge is 2.86. The van der Waals surface area contributed by atoms with Gasteiger partial charge < -0.3 is 14.2 Å². The third-order valence-electron chi connectivity index (χ3n) is 9.96. The van der Waals surface area contributed by atoms with E-state index < -0.39 is 46.6 Å². The van der Waals surface area contributed by atoms with E-state index in [2.05, 4.69) is 6.92 Å². The van der Waals surface area contributed by atoms with Gasteiger partial charge in [0.25, 0.3) is 0 Å². The summed E-state index contributed by atoms with van der Waals surface area (Å²) in [6, 6.07) is 0. The Hall–Kier alpha value is -2.09. The molecule has 0 amide bonds. The minimum atomic E-state index is -2.15. The first-order valence-corrected chi connectivity index (χ1v) is 12.2. The van der Waals surface area contributed by atoms with Crippen LogP contribution in [0.5, 0.6) is 0 Å². The number of esters is 2. The molecule has 8 atom stereocenters. The van der Waals surface area contributed by atoms with E-state index in [1.54, 1.807) is 6.08 Å². The normalized spacial score (nSPS) is 48.5. The second-order valence-electron chi connectivity index (χ2n) is 11.6.